The fraction of sp³-hybridized carbons (Fsp3) is 0.350. The summed E-state index contributed by atoms with van der Waals surface area (Å²) < 4.78 is 5.14. The molecule has 1 heterocycles. The minimum Gasteiger partial charge on any atom is -0.383 e. The normalized spacial score (nSPS) is 14.9. The number of hydrogen-bond acceptors (Lipinski definition) is 4. The molecule has 6 heteroatoms. The van der Waals surface area contributed by atoms with Crippen LogP contribution in [0.3, 0.4) is 0 Å². The van der Waals surface area contributed by atoms with Crippen LogP contribution in [0.5, 0.6) is 0 Å². The Morgan fingerprint density at radius 2 is 1.54 bits per heavy atom. The molecule has 0 aromatic heterocycles. The van der Waals surface area contributed by atoms with Gasteiger partial charge in [-0.05, 0) is 36.4 Å². The second-order valence-electron chi connectivity index (χ2n) is 6.31. The SMILES string of the molecule is COCCN1CCN(c2ccc(NC(=O)Nc3ccccc3)cc2)CC1. The minimum atomic E-state index is -0.240. The van der Waals surface area contributed by atoms with Gasteiger partial charge >= 0.3 is 6.03 Å². The van der Waals surface area contributed by atoms with E-state index in [0.29, 0.717) is 0 Å². The van der Waals surface area contributed by atoms with E-state index in [2.05, 4.69) is 32.6 Å². The molecule has 0 bridgehead atoms. The molecule has 0 aliphatic carbocycles. The Labute approximate surface area is 154 Å². The van der Waals surface area contributed by atoms with Crippen LogP contribution in [0.25, 0.3) is 0 Å². The van der Waals surface area contributed by atoms with E-state index in [1.165, 1.54) is 5.69 Å². The van der Waals surface area contributed by atoms with E-state index in [1.54, 1.807) is 7.11 Å². The van der Waals surface area contributed by atoms with Gasteiger partial charge in [-0.2, -0.15) is 0 Å². The molecule has 6 nitrogen and oxygen atoms in total. The van der Waals surface area contributed by atoms with E-state index in [-0.39, 0.29) is 6.03 Å². The fourth-order valence-electron chi connectivity index (χ4n) is 3.02. The third-order valence-electron chi connectivity index (χ3n) is 4.51. The summed E-state index contributed by atoms with van der Waals surface area (Å²) in [5.41, 5.74) is 2.74. The number of para-hydroxylation sites is 1. The number of nitrogens with zero attached hydrogens (tertiary/aromatic N) is 2. The molecule has 0 spiro atoms. The van der Waals surface area contributed by atoms with Gasteiger partial charge in [-0.15, -0.1) is 0 Å². The molecule has 0 radical (unpaired) electrons. The summed E-state index contributed by atoms with van der Waals surface area (Å²) in [5, 5.41) is 5.67. The van der Waals surface area contributed by atoms with Gasteiger partial charge in [-0.25, -0.2) is 4.79 Å². The van der Waals surface area contributed by atoms with Crippen molar-refractivity contribution in [3.05, 3.63) is 54.6 Å². The molecule has 1 aliphatic rings. The number of anilines is 3. The number of benzene rings is 2. The highest BCUT2D eigenvalue weighted by Crippen LogP contribution is 2.19. The van der Waals surface area contributed by atoms with Crippen LogP contribution in [-0.4, -0.2) is 57.4 Å². The van der Waals surface area contributed by atoms with E-state index in [0.717, 1.165) is 50.7 Å². The van der Waals surface area contributed by atoms with Gasteiger partial charge in [0, 0.05) is 56.9 Å². The van der Waals surface area contributed by atoms with Gasteiger partial charge in [0.2, 0.25) is 0 Å². The Morgan fingerprint density at radius 3 is 2.15 bits per heavy atom. The first-order valence-electron chi connectivity index (χ1n) is 8.94. The standard InChI is InChI=1S/C20H26N4O2/c1-26-16-15-23-11-13-24(14-12-23)19-9-7-18(8-10-19)22-20(25)21-17-5-3-2-4-6-17/h2-10H,11-16H2,1H3,(H2,21,22,25). The van der Waals surface area contributed by atoms with Crippen molar-refractivity contribution < 1.29 is 9.53 Å². The molecule has 0 unspecified atom stereocenters. The lowest BCUT2D eigenvalue weighted by atomic mass is 10.2. The number of urea groups is 1. The van der Waals surface area contributed by atoms with Gasteiger partial charge in [0.1, 0.15) is 0 Å². The molecule has 2 amide bonds. The number of nitrogens with one attached hydrogen (secondary N) is 2. The van der Waals surface area contributed by atoms with E-state index < -0.39 is 0 Å². The summed E-state index contributed by atoms with van der Waals surface area (Å²) >= 11 is 0. The molecule has 0 saturated carbocycles. The third-order valence-corrected chi connectivity index (χ3v) is 4.51. The maximum absolute atomic E-state index is 12.0. The smallest absolute Gasteiger partial charge is 0.323 e. The predicted octanol–water partition coefficient (Wildman–Crippen LogP) is 3.10. The molecule has 1 saturated heterocycles. The summed E-state index contributed by atoms with van der Waals surface area (Å²) in [6.07, 6.45) is 0. The van der Waals surface area contributed by atoms with Gasteiger partial charge in [0.05, 0.1) is 6.61 Å². The summed E-state index contributed by atoms with van der Waals surface area (Å²) in [4.78, 5) is 16.8. The van der Waals surface area contributed by atoms with Crippen molar-refractivity contribution in [1.82, 2.24) is 4.90 Å². The number of ether oxygens (including phenoxy) is 1. The van der Waals surface area contributed by atoms with Crippen LogP contribution in [0.4, 0.5) is 21.9 Å². The van der Waals surface area contributed by atoms with Crippen molar-refractivity contribution in [3.8, 4) is 0 Å². The number of carbonyl (C=O) groups is 1. The van der Waals surface area contributed by atoms with Crippen LogP contribution in [-0.2, 0) is 4.74 Å². The Hall–Kier alpha value is -2.57. The van der Waals surface area contributed by atoms with Crippen LogP contribution in [0, 0.1) is 0 Å². The van der Waals surface area contributed by atoms with Crippen molar-refractivity contribution in [1.29, 1.82) is 0 Å². The predicted molar refractivity (Wildman–Crippen MR) is 106 cm³/mol. The van der Waals surface area contributed by atoms with Gasteiger partial charge in [0.25, 0.3) is 0 Å². The van der Waals surface area contributed by atoms with E-state index in [1.807, 2.05) is 42.5 Å². The first-order valence-corrected chi connectivity index (χ1v) is 8.94. The highest BCUT2D eigenvalue weighted by Gasteiger charge is 2.16. The number of piperazine rings is 1. The molecular formula is C20H26N4O2. The number of rotatable bonds is 6. The van der Waals surface area contributed by atoms with Crippen LogP contribution in [0.1, 0.15) is 0 Å². The van der Waals surface area contributed by atoms with Crippen molar-refractivity contribution in [3.63, 3.8) is 0 Å². The molecule has 3 rings (SSSR count). The van der Waals surface area contributed by atoms with Crippen molar-refractivity contribution >= 4 is 23.1 Å². The van der Waals surface area contributed by atoms with Crippen molar-refractivity contribution in [2.45, 2.75) is 0 Å². The molecule has 26 heavy (non-hydrogen) atoms. The van der Waals surface area contributed by atoms with E-state index >= 15 is 0 Å². The topological polar surface area (TPSA) is 56.8 Å². The van der Waals surface area contributed by atoms with Crippen LogP contribution in [0.15, 0.2) is 54.6 Å². The summed E-state index contributed by atoms with van der Waals surface area (Å²) in [6, 6.07) is 17.2. The molecule has 2 aromatic rings. The largest absolute Gasteiger partial charge is 0.383 e. The molecule has 138 valence electrons. The fourth-order valence-corrected chi connectivity index (χ4v) is 3.02. The molecule has 1 fully saturated rings. The second kappa shape index (κ2) is 9.22. The zero-order chi connectivity index (χ0) is 18.2. The quantitative estimate of drug-likeness (QED) is 0.837. The highest BCUT2D eigenvalue weighted by atomic mass is 16.5. The Kier molecular flexibility index (Phi) is 6.46. The van der Waals surface area contributed by atoms with Gasteiger partial charge in [0.15, 0.2) is 0 Å². The molecule has 1 aliphatic heterocycles. The van der Waals surface area contributed by atoms with E-state index in [4.69, 9.17) is 4.74 Å². The Balaban J connectivity index is 1.48. The summed E-state index contributed by atoms with van der Waals surface area (Å²) in [6.45, 7) is 5.87. The van der Waals surface area contributed by atoms with Crippen LogP contribution < -0.4 is 15.5 Å². The number of hydrogen-bond donors (Lipinski definition) is 2. The first-order chi connectivity index (χ1) is 12.7. The number of amides is 2. The average molecular weight is 354 g/mol. The van der Waals surface area contributed by atoms with Crippen LogP contribution >= 0.6 is 0 Å². The lowest BCUT2D eigenvalue weighted by Crippen LogP contribution is -2.47. The molecule has 2 aromatic carbocycles. The highest BCUT2D eigenvalue weighted by molar-refractivity contribution is 5.99. The van der Waals surface area contributed by atoms with Crippen molar-refractivity contribution in [2.24, 2.45) is 0 Å². The zero-order valence-corrected chi connectivity index (χ0v) is 15.1. The van der Waals surface area contributed by atoms with Crippen molar-refractivity contribution in [2.75, 3.05) is 62.0 Å². The Morgan fingerprint density at radius 1 is 0.923 bits per heavy atom. The average Bonchev–Trinajstić information content (AvgIpc) is 2.68. The van der Waals surface area contributed by atoms with Gasteiger partial charge < -0.3 is 20.3 Å². The lowest BCUT2D eigenvalue weighted by molar-refractivity contribution is 0.144. The maximum atomic E-state index is 12.0. The number of methoxy groups -OCH3 is 1. The van der Waals surface area contributed by atoms with Gasteiger partial charge in [-0.1, -0.05) is 18.2 Å². The molecule has 2 N–H and O–H groups in total. The maximum Gasteiger partial charge on any atom is 0.323 e. The zero-order valence-electron chi connectivity index (χ0n) is 15.1. The lowest BCUT2D eigenvalue weighted by Gasteiger charge is -2.36. The Bertz CT molecular complexity index is 683. The monoisotopic (exact) mass is 354 g/mol. The van der Waals surface area contributed by atoms with Crippen LogP contribution in [0.2, 0.25) is 0 Å². The second-order valence-corrected chi connectivity index (χ2v) is 6.31. The third kappa shape index (κ3) is 5.21. The summed E-state index contributed by atoms with van der Waals surface area (Å²) in [7, 11) is 1.74. The molecular weight excluding hydrogens is 328 g/mol. The number of carbonyl (C=O) groups excluding carboxylic acids is 1. The van der Waals surface area contributed by atoms with Gasteiger partial charge in [-0.3, -0.25) is 4.90 Å². The van der Waals surface area contributed by atoms with E-state index in [9.17, 15) is 4.79 Å². The summed E-state index contributed by atoms with van der Waals surface area (Å²) in [5.74, 6) is 0. The molecule has 0 atom stereocenters. The first kappa shape index (κ1) is 18.2. The minimum absolute atomic E-state index is 0.240.